The van der Waals surface area contributed by atoms with Crippen molar-refractivity contribution in [1.29, 1.82) is 0 Å². The number of fused-ring (bicyclic) bond motifs is 1. The maximum absolute atomic E-state index is 6.53. The Morgan fingerprint density at radius 1 is 1.04 bits per heavy atom. The van der Waals surface area contributed by atoms with Crippen molar-refractivity contribution in [3.8, 4) is 11.1 Å². The summed E-state index contributed by atoms with van der Waals surface area (Å²) in [6.45, 7) is 3.05. The molecule has 0 saturated carbocycles. The fourth-order valence-electron chi connectivity index (χ4n) is 3.02. The summed E-state index contributed by atoms with van der Waals surface area (Å²) in [5.74, 6) is 0.914. The highest BCUT2D eigenvalue weighted by atomic mass is 16.5. The van der Waals surface area contributed by atoms with Gasteiger partial charge in [-0.05, 0) is 11.6 Å². The second kappa shape index (κ2) is 5.85. The summed E-state index contributed by atoms with van der Waals surface area (Å²) in [7, 11) is 0. The molecule has 0 spiro atoms. The first-order chi connectivity index (χ1) is 11.3. The van der Waals surface area contributed by atoms with Crippen molar-refractivity contribution >= 4 is 22.4 Å². The van der Waals surface area contributed by atoms with Gasteiger partial charge in [-0.2, -0.15) is 0 Å². The highest BCUT2D eigenvalue weighted by molar-refractivity contribution is 6.02. The van der Waals surface area contributed by atoms with E-state index in [9.17, 15) is 0 Å². The monoisotopic (exact) mass is 306 g/mol. The van der Waals surface area contributed by atoms with Crippen LogP contribution in [0.5, 0.6) is 0 Å². The summed E-state index contributed by atoms with van der Waals surface area (Å²) in [6.07, 6.45) is 3.52. The molecule has 5 nitrogen and oxygen atoms in total. The van der Waals surface area contributed by atoms with Gasteiger partial charge in [0.2, 0.25) is 0 Å². The molecule has 23 heavy (non-hydrogen) atoms. The fraction of sp³-hybridized carbons (Fsp3) is 0.222. The first kappa shape index (κ1) is 14.0. The Balaban J connectivity index is 1.98. The van der Waals surface area contributed by atoms with Crippen molar-refractivity contribution in [3.63, 3.8) is 0 Å². The predicted octanol–water partition coefficient (Wildman–Crippen LogP) is 2.72. The number of nitrogens with two attached hydrogens (primary N) is 1. The lowest BCUT2D eigenvalue weighted by Gasteiger charge is -2.30. The van der Waals surface area contributed by atoms with Crippen molar-refractivity contribution < 1.29 is 4.74 Å². The number of aromatic nitrogens is 2. The number of nitrogen functional groups attached to an aromatic ring is 1. The van der Waals surface area contributed by atoms with Crippen molar-refractivity contribution in [2.75, 3.05) is 36.9 Å². The lowest BCUT2D eigenvalue weighted by atomic mass is 10.0. The molecule has 2 N–H and O–H groups in total. The molecule has 0 bridgehead atoms. The second-order valence-corrected chi connectivity index (χ2v) is 5.58. The number of nitrogens with zero attached hydrogens (tertiary/aromatic N) is 3. The SMILES string of the molecule is Nc1c(-c2ccccc2)c(N2CCOCC2)nc2cnccc12. The minimum atomic E-state index is 0.709. The van der Waals surface area contributed by atoms with Crippen molar-refractivity contribution in [3.05, 3.63) is 48.8 Å². The zero-order valence-corrected chi connectivity index (χ0v) is 12.8. The molecule has 0 unspecified atom stereocenters. The Hall–Kier alpha value is -2.66. The Labute approximate surface area is 134 Å². The molecule has 1 aliphatic rings. The molecule has 1 fully saturated rings. The molecule has 2 aromatic heterocycles. The van der Waals surface area contributed by atoms with Gasteiger partial charge in [0.15, 0.2) is 0 Å². The van der Waals surface area contributed by atoms with Gasteiger partial charge in [-0.25, -0.2) is 4.98 Å². The van der Waals surface area contributed by atoms with E-state index in [0.29, 0.717) is 13.2 Å². The quantitative estimate of drug-likeness (QED) is 0.788. The molecular formula is C18H18N4O. The number of anilines is 2. The maximum atomic E-state index is 6.53. The molecule has 4 rings (SSSR count). The van der Waals surface area contributed by atoms with E-state index >= 15 is 0 Å². The summed E-state index contributed by atoms with van der Waals surface area (Å²) in [5, 5.41) is 0.941. The van der Waals surface area contributed by atoms with Gasteiger partial charge in [0.1, 0.15) is 5.82 Å². The molecule has 1 aliphatic heterocycles. The summed E-state index contributed by atoms with van der Waals surface area (Å²) in [6, 6.07) is 12.1. The lowest BCUT2D eigenvalue weighted by molar-refractivity contribution is 0.122. The molecule has 116 valence electrons. The molecule has 5 heteroatoms. The van der Waals surface area contributed by atoms with Crippen LogP contribution in [-0.4, -0.2) is 36.3 Å². The highest BCUT2D eigenvalue weighted by Gasteiger charge is 2.21. The predicted molar refractivity (Wildman–Crippen MR) is 92.4 cm³/mol. The van der Waals surface area contributed by atoms with Gasteiger partial charge in [-0.1, -0.05) is 30.3 Å². The lowest BCUT2D eigenvalue weighted by Crippen LogP contribution is -2.37. The Morgan fingerprint density at radius 2 is 1.83 bits per heavy atom. The second-order valence-electron chi connectivity index (χ2n) is 5.58. The summed E-state index contributed by atoms with van der Waals surface area (Å²) in [5.41, 5.74) is 10.2. The third-order valence-corrected chi connectivity index (χ3v) is 4.18. The largest absolute Gasteiger partial charge is 0.398 e. The van der Waals surface area contributed by atoms with Crippen LogP contribution < -0.4 is 10.6 Å². The molecule has 0 amide bonds. The zero-order chi connectivity index (χ0) is 15.6. The van der Waals surface area contributed by atoms with Gasteiger partial charge in [0.05, 0.1) is 30.6 Å². The van der Waals surface area contributed by atoms with E-state index in [2.05, 4.69) is 22.0 Å². The number of benzene rings is 1. The third-order valence-electron chi connectivity index (χ3n) is 4.18. The van der Waals surface area contributed by atoms with Gasteiger partial charge in [-0.15, -0.1) is 0 Å². The summed E-state index contributed by atoms with van der Waals surface area (Å²) < 4.78 is 5.47. The third kappa shape index (κ3) is 2.49. The number of rotatable bonds is 2. The van der Waals surface area contributed by atoms with E-state index in [-0.39, 0.29) is 0 Å². The van der Waals surface area contributed by atoms with Crippen LogP contribution in [0.2, 0.25) is 0 Å². The van der Waals surface area contributed by atoms with Gasteiger partial charge in [-0.3, -0.25) is 4.98 Å². The molecule has 1 aromatic carbocycles. The molecule has 1 saturated heterocycles. The number of hydrogen-bond donors (Lipinski definition) is 1. The minimum Gasteiger partial charge on any atom is -0.398 e. The van der Waals surface area contributed by atoms with Crippen LogP contribution in [0.1, 0.15) is 0 Å². The average Bonchev–Trinajstić information content (AvgIpc) is 2.63. The number of ether oxygens (including phenoxy) is 1. The van der Waals surface area contributed by atoms with Crippen LogP contribution in [0.4, 0.5) is 11.5 Å². The van der Waals surface area contributed by atoms with Crippen LogP contribution in [0.15, 0.2) is 48.8 Å². The zero-order valence-electron chi connectivity index (χ0n) is 12.8. The minimum absolute atomic E-state index is 0.709. The topological polar surface area (TPSA) is 64.3 Å². The highest BCUT2D eigenvalue weighted by Crippen LogP contribution is 2.38. The van der Waals surface area contributed by atoms with Crippen molar-refractivity contribution in [2.45, 2.75) is 0 Å². The Bertz CT molecular complexity index is 829. The molecule has 0 radical (unpaired) electrons. The van der Waals surface area contributed by atoms with Gasteiger partial charge in [0.25, 0.3) is 0 Å². The van der Waals surface area contributed by atoms with E-state index in [1.54, 1.807) is 12.4 Å². The molecule has 3 aromatic rings. The van der Waals surface area contributed by atoms with Gasteiger partial charge in [0, 0.05) is 30.2 Å². The van der Waals surface area contributed by atoms with Crippen LogP contribution in [-0.2, 0) is 4.74 Å². The van der Waals surface area contributed by atoms with E-state index in [1.165, 1.54) is 0 Å². The average molecular weight is 306 g/mol. The number of hydrogen-bond acceptors (Lipinski definition) is 5. The van der Waals surface area contributed by atoms with Gasteiger partial charge >= 0.3 is 0 Å². The Morgan fingerprint density at radius 3 is 2.61 bits per heavy atom. The maximum Gasteiger partial charge on any atom is 0.139 e. The fourth-order valence-corrected chi connectivity index (χ4v) is 3.02. The van der Waals surface area contributed by atoms with Crippen LogP contribution in [0.25, 0.3) is 22.0 Å². The molecule has 3 heterocycles. The van der Waals surface area contributed by atoms with Crippen molar-refractivity contribution in [1.82, 2.24) is 9.97 Å². The summed E-state index contributed by atoms with van der Waals surface area (Å²) in [4.78, 5) is 11.3. The van der Waals surface area contributed by atoms with Gasteiger partial charge < -0.3 is 15.4 Å². The van der Waals surface area contributed by atoms with Crippen LogP contribution in [0.3, 0.4) is 0 Å². The normalized spacial score (nSPS) is 15.0. The van der Waals surface area contributed by atoms with E-state index < -0.39 is 0 Å². The van der Waals surface area contributed by atoms with E-state index in [1.807, 2.05) is 24.3 Å². The number of pyridine rings is 2. The van der Waals surface area contributed by atoms with Crippen LogP contribution in [0, 0.1) is 0 Å². The summed E-state index contributed by atoms with van der Waals surface area (Å²) >= 11 is 0. The van der Waals surface area contributed by atoms with Crippen LogP contribution >= 0.6 is 0 Å². The first-order valence-corrected chi connectivity index (χ1v) is 7.76. The molecule has 0 aliphatic carbocycles. The van der Waals surface area contributed by atoms with E-state index in [0.717, 1.165) is 46.6 Å². The first-order valence-electron chi connectivity index (χ1n) is 7.76. The standard InChI is InChI=1S/C18H18N4O/c19-17-14-6-7-20-12-15(14)21-18(22-8-10-23-11-9-22)16(17)13-4-2-1-3-5-13/h1-7,12H,8-11H2,(H2,19,21). The smallest absolute Gasteiger partial charge is 0.139 e. The van der Waals surface area contributed by atoms with E-state index in [4.69, 9.17) is 15.5 Å². The van der Waals surface area contributed by atoms with Crippen molar-refractivity contribution in [2.24, 2.45) is 0 Å². The molecular weight excluding hydrogens is 288 g/mol. The Kier molecular flexibility index (Phi) is 3.55. The number of morpholine rings is 1. The molecule has 0 atom stereocenters.